The molecule has 0 unspecified atom stereocenters. The van der Waals surface area contributed by atoms with Gasteiger partial charge in [-0.3, -0.25) is 4.79 Å². The molecular weight excluding hydrogens is 320 g/mol. The summed E-state index contributed by atoms with van der Waals surface area (Å²) in [6.07, 6.45) is 1.66. The minimum atomic E-state index is -0.206. The van der Waals surface area contributed by atoms with E-state index in [0.29, 0.717) is 4.88 Å². The fourth-order valence-corrected chi connectivity index (χ4v) is 3.53. The number of Topliss-reactive ketones (excluding diaryl/α,β-unsaturated/α-hetero) is 1. The largest absolute Gasteiger partial charge is 0.378 e. The lowest BCUT2D eigenvalue weighted by Gasteiger charge is -2.28. The number of aryl methyl sites for hydroxylation is 1. The Kier molecular flexibility index (Phi) is 5.09. The van der Waals surface area contributed by atoms with E-state index in [-0.39, 0.29) is 11.4 Å². The van der Waals surface area contributed by atoms with Crippen LogP contribution in [0, 0.1) is 18.3 Å². The average molecular weight is 338 g/mol. The number of carbonyl (C=O) groups excluding carboxylic acids is 1. The van der Waals surface area contributed by atoms with Crippen LogP contribution in [0.4, 0.5) is 5.69 Å². The van der Waals surface area contributed by atoms with Crippen LogP contribution in [-0.4, -0.2) is 32.1 Å². The number of benzene rings is 1. The summed E-state index contributed by atoms with van der Waals surface area (Å²) in [4.78, 5) is 15.4. The molecule has 4 nitrogen and oxygen atoms in total. The second-order valence-electron chi connectivity index (χ2n) is 5.62. The van der Waals surface area contributed by atoms with E-state index >= 15 is 0 Å². The number of carbonyl (C=O) groups is 1. The Bertz CT molecular complexity index is 794. The normalized spacial score (nSPS) is 15.2. The number of nitriles is 1. The molecule has 0 amide bonds. The first-order chi connectivity index (χ1) is 11.7. The number of thiophene rings is 1. The van der Waals surface area contributed by atoms with E-state index in [1.54, 1.807) is 6.08 Å². The van der Waals surface area contributed by atoms with E-state index in [1.807, 2.05) is 48.7 Å². The smallest absolute Gasteiger partial charge is 0.213 e. The van der Waals surface area contributed by atoms with E-state index in [2.05, 4.69) is 4.90 Å². The quantitative estimate of drug-likeness (QED) is 0.485. The number of hydrogen-bond donors (Lipinski definition) is 0. The Morgan fingerprint density at radius 2 is 1.96 bits per heavy atom. The molecule has 1 fully saturated rings. The summed E-state index contributed by atoms with van der Waals surface area (Å²) in [5.41, 5.74) is 3.06. The fourth-order valence-electron chi connectivity index (χ4n) is 2.65. The van der Waals surface area contributed by atoms with Crippen molar-refractivity contribution >= 4 is 28.9 Å². The minimum absolute atomic E-state index is 0.166. The lowest BCUT2D eigenvalue weighted by atomic mass is 10.0. The molecule has 0 atom stereocenters. The Morgan fingerprint density at radius 3 is 2.54 bits per heavy atom. The van der Waals surface area contributed by atoms with Crippen molar-refractivity contribution in [2.45, 2.75) is 6.92 Å². The third-order valence-electron chi connectivity index (χ3n) is 4.01. The van der Waals surface area contributed by atoms with Crippen LogP contribution in [0.2, 0.25) is 0 Å². The number of rotatable bonds is 4. The van der Waals surface area contributed by atoms with E-state index in [4.69, 9.17) is 4.74 Å². The van der Waals surface area contributed by atoms with Crippen molar-refractivity contribution in [3.05, 3.63) is 57.3 Å². The molecule has 122 valence electrons. The van der Waals surface area contributed by atoms with Gasteiger partial charge in [-0.15, -0.1) is 11.3 Å². The van der Waals surface area contributed by atoms with Gasteiger partial charge in [0.25, 0.3) is 0 Å². The van der Waals surface area contributed by atoms with Gasteiger partial charge in [0.1, 0.15) is 11.6 Å². The Labute approximate surface area is 145 Å². The van der Waals surface area contributed by atoms with Gasteiger partial charge in [-0.1, -0.05) is 12.1 Å². The predicted octanol–water partition coefficient (Wildman–Crippen LogP) is 3.68. The van der Waals surface area contributed by atoms with E-state index < -0.39 is 0 Å². The van der Waals surface area contributed by atoms with Crippen LogP contribution in [0.5, 0.6) is 0 Å². The maximum atomic E-state index is 12.5. The van der Waals surface area contributed by atoms with Crippen molar-refractivity contribution in [1.82, 2.24) is 0 Å². The maximum Gasteiger partial charge on any atom is 0.213 e. The fraction of sp³-hybridized carbons (Fsp3) is 0.263. The molecule has 1 saturated heterocycles. The van der Waals surface area contributed by atoms with Crippen molar-refractivity contribution in [1.29, 1.82) is 5.26 Å². The summed E-state index contributed by atoms with van der Waals surface area (Å²) >= 11 is 1.37. The van der Waals surface area contributed by atoms with Crippen LogP contribution in [0.3, 0.4) is 0 Å². The second kappa shape index (κ2) is 7.43. The molecule has 3 rings (SSSR count). The Hall–Kier alpha value is -2.42. The molecule has 1 aliphatic heterocycles. The number of ether oxygens (including phenoxy) is 1. The van der Waals surface area contributed by atoms with Gasteiger partial charge in [0.15, 0.2) is 0 Å². The lowest BCUT2D eigenvalue weighted by molar-refractivity contribution is 0.104. The molecule has 2 aromatic rings. The third kappa shape index (κ3) is 3.56. The van der Waals surface area contributed by atoms with Gasteiger partial charge < -0.3 is 9.64 Å². The molecule has 0 N–H and O–H groups in total. The number of nitrogens with zero attached hydrogens (tertiary/aromatic N) is 2. The number of anilines is 1. The van der Waals surface area contributed by atoms with Gasteiger partial charge in [-0.05, 0) is 47.7 Å². The number of morpholine rings is 1. The highest BCUT2D eigenvalue weighted by atomic mass is 32.1. The first kappa shape index (κ1) is 16.4. The van der Waals surface area contributed by atoms with Crippen LogP contribution < -0.4 is 4.90 Å². The number of allylic oxidation sites excluding steroid dienone is 1. The highest BCUT2D eigenvalue weighted by Crippen LogP contribution is 2.22. The molecule has 1 aromatic heterocycles. The van der Waals surface area contributed by atoms with E-state index in [1.165, 1.54) is 11.3 Å². The van der Waals surface area contributed by atoms with Gasteiger partial charge in [-0.2, -0.15) is 5.26 Å². The Balaban J connectivity index is 1.80. The zero-order valence-corrected chi connectivity index (χ0v) is 14.3. The van der Waals surface area contributed by atoms with Crippen molar-refractivity contribution in [3.63, 3.8) is 0 Å². The monoisotopic (exact) mass is 338 g/mol. The predicted molar refractivity (Wildman–Crippen MR) is 96.5 cm³/mol. The van der Waals surface area contributed by atoms with E-state index in [0.717, 1.165) is 43.1 Å². The van der Waals surface area contributed by atoms with Gasteiger partial charge in [0.2, 0.25) is 5.78 Å². The zero-order chi connectivity index (χ0) is 16.9. The second-order valence-corrected chi connectivity index (χ2v) is 6.54. The minimum Gasteiger partial charge on any atom is -0.378 e. The molecule has 0 radical (unpaired) electrons. The van der Waals surface area contributed by atoms with Crippen molar-refractivity contribution in [2.75, 3.05) is 31.2 Å². The number of ketones is 1. The molecule has 24 heavy (non-hydrogen) atoms. The van der Waals surface area contributed by atoms with Crippen molar-refractivity contribution < 1.29 is 9.53 Å². The summed E-state index contributed by atoms with van der Waals surface area (Å²) in [5.74, 6) is -0.206. The average Bonchev–Trinajstić information content (AvgIpc) is 3.06. The van der Waals surface area contributed by atoms with Gasteiger partial charge in [0.05, 0.1) is 18.1 Å². The summed E-state index contributed by atoms with van der Waals surface area (Å²) in [7, 11) is 0. The van der Waals surface area contributed by atoms with Gasteiger partial charge in [-0.25, -0.2) is 0 Å². The standard InChI is InChI=1S/C19H18N2O2S/c1-14-6-11-24-19(14)18(22)16(13-20)12-15-2-4-17(5-3-15)21-7-9-23-10-8-21/h2-6,11-12H,7-10H2,1H3. The SMILES string of the molecule is Cc1ccsc1C(=O)C(C#N)=Cc1ccc(N2CCOCC2)cc1. The molecule has 5 heteroatoms. The van der Waals surface area contributed by atoms with E-state index in [9.17, 15) is 10.1 Å². The molecule has 0 bridgehead atoms. The Morgan fingerprint density at radius 1 is 1.25 bits per heavy atom. The van der Waals surface area contributed by atoms with Crippen LogP contribution in [0.15, 0.2) is 41.3 Å². The summed E-state index contributed by atoms with van der Waals surface area (Å²) in [5, 5.41) is 11.2. The maximum absolute atomic E-state index is 12.5. The highest BCUT2D eigenvalue weighted by Gasteiger charge is 2.16. The van der Waals surface area contributed by atoms with Gasteiger partial charge >= 0.3 is 0 Å². The zero-order valence-electron chi connectivity index (χ0n) is 13.5. The molecule has 1 aromatic carbocycles. The van der Waals surface area contributed by atoms with Crippen LogP contribution in [0.25, 0.3) is 6.08 Å². The first-order valence-electron chi connectivity index (χ1n) is 7.82. The summed E-state index contributed by atoms with van der Waals surface area (Å²) < 4.78 is 5.36. The van der Waals surface area contributed by atoms with Crippen molar-refractivity contribution in [2.24, 2.45) is 0 Å². The molecule has 0 saturated carbocycles. The molecule has 0 spiro atoms. The third-order valence-corrected chi connectivity index (χ3v) is 5.03. The summed E-state index contributed by atoms with van der Waals surface area (Å²) in [6, 6.07) is 11.9. The first-order valence-corrected chi connectivity index (χ1v) is 8.70. The lowest BCUT2D eigenvalue weighted by Crippen LogP contribution is -2.36. The van der Waals surface area contributed by atoms with Crippen LogP contribution in [-0.2, 0) is 4.74 Å². The summed E-state index contributed by atoms with van der Waals surface area (Å²) in [6.45, 7) is 5.14. The molecule has 1 aliphatic rings. The van der Waals surface area contributed by atoms with Crippen molar-refractivity contribution in [3.8, 4) is 6.07 Å². The van der Waals surface area contributed by atoms with Crippen LogP contribution >= 0.6 is 11.3 Å². The van der Waals surface area contributed by atoms with Crippen LogP contribution in [0.1, 0.15) is 20.8 Å². The van der Waals surface area contributed by atoms with Gasteiger partial charge in [0, 0.05) is 18.8 Å². The highest BCUT2D eigenvalue weighted by molar-refractivity contribution is 7.12. The molecule has 0 aliphatic carbocycles. The number of hydrogen-bond acceptors (Lipinski definition) is 5. The topological polar surface area (TPSA) is 53.3 Å². The molecular formula is C19H18N2O2S. The molecule has 2 heterocycles.